The molecule has 0 aliphatic carbocycles. The van der Waals surface area contributed by atoms with Crippen LogP contribution in [0.2, 0.25) is 0 Å². The topological polar surface area (TPSA) is 97.2 Å². The van der Waals surface area contributed by atoms with Gasteiger partial charge in [-0.2, -0.15) is 0 Å². The van der Waals surface area contributed by atoms with E-state index in [2.05, 4.69) is 5.09 Å². The molecule has 82 valence electrons. The Labute approximate surface area is 80.6 Å². The Kier molecular flexibility index (Phi) is 2.43. The van der Waals surface area contributed by atoms with Crippen LogP contribution in [0.25, 0.3) is 0 Å². The smallest absolute Gasteiger partial charge is 0.382 e. The molecule has 0 unspecified atom stereocenters. The van der Waals surface area contributed by atoms with Gasteiger partial charge in [0, 0.05) is 7.11 Å². The summed E-state index contributed by atoms with van der Waals surface area (Å²) in [6, 6.07) is -0.497. The van der Waals surface area contributed by atoms with Gasteiger partial charge in [0.05, 0.1) is 13.2 Å². The Morgan fingerprint density at radius 3 is 2.93 bits per heavy atom. The Balaban J connectivity index is 2.03. The fourth-order valence-corrected chi connectivity index (χ4v) is 2.51. The van der Waals surface area contributed by atoms with Gasteiger partial charge < -0.3 is 24.0 Å². The van der Waals surface area contributed by atoms with Gasteiger partial charge in [-0.15, -0.1) is 0 Å². The number of hydrogen-bond donors (Lipinski definition) is 3. The molecule has 3 aliphatic heterocycles. The summed E-state index contributed by atoms with van der Waals surface area (Å²) >= 11 is 0. The zero-order valence-electron chi connectivity index (χ0n) is 7.54. The van der Waals surface area contributed by atoms with Crippen molar-refractivity contribution in [1.82, 2.24) is 5.09 Å². The second kappa shape index (κ2) is 3.24. The van der Waals surface area contributed by atoms with Crippen molar-refractivity contribution in [2.45, 2.75) is 17.9 Å². The SMILES string of the molecule is COC[C@@]12CO[C@@H](O1)[C@@H]2NP(=O)(O)O. The zero-order chi connectivity index (χ0) is 10.4. The monoisotopic (exact) mass is 225 g/mol. The third kappa shape index (κ3) is 1.61. The van der Waals surface area contributed by atoms with Gasteiger partial charge in [0.15, 0.2) is 6.29 Å². The largest absolute Gasteiger partial charge is 0.400 e. The molecule has 3 heterocycles. The second-order valence-corrected chi connectivity index (χ2v) is 4.79. The molecule has 3 aliphatic rings. The van der Waals surface area contributed by atoms with Crippen LogP contribution in [0.1, 0.15) is 0 Å². The maximum Gasteiger partial charge on any atom is 0.400 e. The molecular weight excluding hydrogens is 213 g/mol. The van der Waals surface area contributed by atoms with E-state index in [9.17, 15) is 4.57 Å². The molecule has 7 nitrogen and oxygen atoms in total. The minimum absolute atomic E-state index is 0.251. The fraction of sp³-hybridized carbons (Fsp3) is 1.00. The van der Waals surface area contributed by atoms with Crippen LogP contribution in [0.3, 0.4) is 0 Å². The van der Waals surface area contributed by atoms with Crippen molar-refractivity contribution in [2.24, 2.45) is 0 Å². The summed E-state index contributed by atoms with van der Waals surface area (Å²) in [5.74, 6) is 0. The fourth-order valence-electron chi connectivity index (χ4n) is 1.80. The van der Waals surface area contributed by atoms with Gasteiger partial charge >= 0.3 is 7.75 Å². The summed E-state index contributed by atoms with van der Waals surface area (Å²) in [6.07, 6.45) is -0.572. The van der Waals surface area contributed by atoms with Gasteiger partial charge in [0.25, 0.3) is 0 Å². The average Bonchev–Trinajstić information content (AvgIpc) is 2.57. The molecule has 0 aromatic rings. The van der Waals surface area contributed by atoms with Crippen LogP contribution in [0.15, 0.2) is 0 Å². The molecular formula is C6H12NO6P. The van der Waals surface area contributed by atoms with Crippen molar-refractivity contribution in [3.8, 4) is 0 Å². The maximum atomic E-state index is 10.7. The van der Waals surface area contributed by atoms with Crippen molar-refractivity contribution in [1.29, 1.82) is 0 Å². The Morgan fingerprint density at radius 1 is 1.71 bits per heavy atom. The zero-order valence-corrected chi connectivity index (χ0v) is 8.44. The lowest BCUT2D eigenvalue weighted by Crippen LogP contribution is -2.66. The summed E-state index contributed by atoms with van der Waals surface area (Å²) in [5, 5.41) is 2.18. The molecule has 2 bridgehead atoms. The number of rotatable bonds is 4. The Bertz CT molecular complexity index is 275. The molecule has 3 rings (SSSR count). The Hall–Kier alpha value is -0.0100. The van der Waals surface area contributed by atoms with Crippen LogP contribution in [-0.4, -0.2) is 48.0 Å². The normalized spacial score (nSPS) is 41.1. The summed E-state index contributed by atoms with van der Waals surface area (Å²) in [4.78, 5) is 17.5. The lowest BCUT2D eigenvalue weighted by Gasteiger charge is -2.44. The van der Waals surface area contributed by atoms with Gasteiger partial charge in [-0.1, -0.05) is 0 Å². The number of hydrogen-bond acceptors (Lipinski definition) is 4. The number of methoxy groups -OCH3 is 1. The lowest BCUT2D eigenvalue weighted by atomic mass is 9.93. The van der Waals surface area contributed by atoms with Gasteiger partial charge in [0.1, 0.15) is 11.6 Å². The van der Waals surface area contributed by atoms with Crippen molar-refractivity contribution >= 4 is 7.75 Å². The predicted molar refractivity (Wildman–Crippen MR) is 44.4 cm³/mol. The third-order valence-electron chi connectivity index (χ3n) is 2.38. The molecule has 0 aromatic carbocycles. The highest BCUT2D eigenvalue weighted by atomic mass is 31.2. The van der Waals surface area contributed by atoms with E-state index in [1.807, 2.05) is 0 Å². The minimum Gasteiger partial charge on any atom is -0.382 e. The van der Waals surface area contributed by atoms with E-state index < -0.39 is 25.7 Å². The number of nitrogens with one attached hydrogen (secondary N) is 1. The van der Waals surface area contributed by atoms with Crippen molar-refractivity contribution in [3.63, 3.8) is 0 Å². The lowest BCUT2D eigenvalue weighted by molar-refractivity contribution is -0.231. The first kappa shape index (κ1) is 10.5. The van der Waals surface area contributed by atoms with Crippen molar-refractivity contribution < 1.29 is 28.6 Å². The second-order valence-electron chi connectivity index (χ2n) is 3.45. The molecule has 3 saturated heterocycles. The first-order valence-electron chi connectivity index (χ1n) is 4.09. The number of ether oxygens (including phenoxy) is 3. The molecule has 3 N–H and O–H groups in total. The Morgan fingerprint density at radius 2 is 2.43 bits per heavy atom. The molecule has 0 aromatic heterocycles. The average molecular weight is 225 g/mol. The van der Waals surface area contributed by atoms with Crippen molar-refractivity contribution in [3.05, 3.63) is 0 Å². The van der Waals surface area contributed by atoms with Crippen molar-refractivity contribution in [2.75, 3.05) is 20.3 Å². The molecule has 8 heteroatoms. The van der Waals surface area contributed by atoms with E-state index >= 15 is 0 Å². The summed E-state index contributed by atoms with van der Waals surface area (Å²) < 4.78 is 26.1. The van der Waals surface area contributed by atoms with E-state index in [0.717, 1.165) is 0 Å². The van der Waals surface area contributed by atoms with Crippen LogP contribution in [0.5, 0.6) is 0 Å². The molecule has 14 heavy (non-hydrogen) atoms. The van der Waals surface area contributed by atoms with E-state index in [1.165, 1.54) is 7.11 Å². The molecule has 0 radical (unpaired) electrons. The van der Waals surface area contributed by atoms with E-state index in [0.29, 0.717) is 6.61 Å². The summed E-state index contributed by atoms with van der Waals surface area (Å²) in [5.41, 5.74) is -0.736. The van der Waals surface area contributed by atoms with Gasteiger partial charge in [-0.25, -0.2) is 9.65 Å². The van der Waals surface area contributed by atoms with Gasteiger partial charge in [-0.05, 0) is 0 Å². The van der Waals surface area contributed by atoms with E-state index in [4.69, 9.17) is 24.0 Å². The highest BCUT2D eigenvalue weighted by molar-refractivity contribution is 7.49. The van der Waals surface area contributed by atoms with Gasteiger partial charge in [0.2, 0.25) is 0 Å². The summed E-state index contributed by atoms with van der Waals surface area (Å²) in [6.45, 7) is 0.546. The summed E-state index contributed by atoms with van der Waals surface area (Å²) in [7, 11) is -2.76. The van der Waals surface area contributed by atoms with E-state index in [1.54, 1.807) is 0 Å². The first-order valence-corrected chi connectivity index (χ1v) is 5.70. The van der Waals surface area contributed by atoms with Crippen LogP contribution < -0.4 is 5.09 Å². The van der Waals surface area contributed by atoms with Crippen LogP contribution in [0, 0.1) is 0 Å². The molecule has 0 saturated carbocycles. The first-order chi connectivity index (χ1) is 6.47. The highest BCUT2D eigenvalue weighted by Gasteiger charge is 2.64. The standard InChI is InChI=1S/C6H12NO6P/c1-11-2-6-3-12-5(13-6)4(6)7-14(8,9)10/h4-5H,2-3H2,1H3,(H3,7,8,9,10)/t4-,5-,6-/m0/s1. The van der Waals surface area contributed by atoms with Crippen LogP contribution in [-0.2, 0) is 18.8 Å². The van der Waals surface area contributed by atoms with Crippen LogP contribution in [0.4, 0.5) is 0 Å². The third-order valence-corrected chi connectivity index (χ3v) is 2.99. The minimum atomic E-state index is -4.25. The maximum absolute atomic E-state index is 10.7. The van der Waals surface area contributed by atoms with Gasteiger partial charge in [-0.3, -0.25) is 0 Å². The number of fused-ring (bicyclic) bond motifs is 1. The quantitative estimate of drug-likeness (QED) is 0.517. The van der Waals surface area contributed by atoms with E-state index in [-0.39, 0.29) is 6.61 Å². The molecule has 3 atom stereocenters. The molecule has 0 amide bonds. The predicted octanol–water partition coefficient (Wildman–Crippen LogP) is -1.19. The molecule has 0 spiro atoms. The van der Waals surface area contributed by atoms with Crippen LogP contribution >= 0.6 is 7.75 Å². The molecule has 3 fully saturated rings. The highest BCUT2D eigenvalue weighted by Crippen LogP contribution is 2.46.